The van der Waals surface area contributed by atoms with Crippen LogP contribution in [0.4, 0.5) is 10.5 Å². The molecule has 9 heteroatoms. The zero-order chi connectivity index (χ0) is 26.3. The number of carbonyl (C=O) groups is 1. The summed E-state index contributed by atoms with van der Waals surface area (Å²) in [6.45, 7) is 8.46. The zero-order valence-electron chi connectivity index (χ0n) is 20.9. The predicted molar refractivity (Wildman–Crippen MR) is 140 cm³/mol. The highest BCUT2D eigenvalue weighted by atomic mass is 28.4. The smallest absolute Gasteiger partial charge is 0.487 e. The van der Waals surface area contributed by atoms with Crippen molar-refractivity contribution in [1.82, 2.24) is 0 Å². The maximum atomic E-state index is 11.5. The van der Waals surface area contributed by atoms with E-state index in [0.717, 1.165) is 10.4 Å². The molecule has 0 unspecified atom stereocenters. The summed E-state index contributed by atoms with van der Waals surface area (Å²) in [7, 11) is -2.79. The van der Waals surface area contributed by atoms with Crippen LogP contribution in [0.5, 0.6) is 11.5 Å². The minimum atomic E-state index is -2.79. The minimum Gasteiger partial charge on any atom is -0.487 e. The van der Waals surface area contributed by atoms with Gasteiger partial charge in [-0.3, -0.25) is 10.1 Å². The fourth-order valence-corrected chi connectivity index (χ4v) is 9.09. The Bertz CT molecular complexity index is 1150. The van der Waals surface area contributed by atoms with Gasteiger partial charge in [-0.2, -0.15) is 0 Å². The Morgan fingerprint density at radius 2 is 1.50 bits per heavy atom. The lowest BCUT2D eigenvalue weighted by Gasteiger charge is -2.43. The van der Waals surface area contributed by atoms with E-state index in [0.29, 0.717) is 0 Å². The zero-order valence-corrected chi connectivity index (χ0v) is 21.9. The molecule has 36 heavy (non-hydrogen) atoms. The molecule has 0 amide bonds. The number of carboxylic acid groups (broad SMARTS) is 1. The van der Waals surface area contributed by atoms with Gasteiger partial charge < -0.3 is 19.0 Å². The van der Waals surface area contributed by atoms with Crippen molar-refractivity contribution >= 4 is 30.5 Å². The fourth-order valence-electron chi connectivity index (χ4n) is 4.54. The van der Waals surface area contributed by atoms with E-state index in [1.54, 1.807) is 6.92 Å². The summed E-state index contributed by atoms with van der Waals surface area (Å²) in [5.41, 5.74) is 0.113. The maximum absolute atomic E-state index is 11.5. The summed E-state index contributed by atoms with van der Waals surface area (Å²) in [5.74, 6) is -0.0458. The van der Waals surface area contributed by atoms with E-state index < -0.39 is 19.4 Å². The van der Waals surface area contributed by atoms with Gasteiger partial charge in [0.1, 0.15) is 6.61 Å². The molecule has 3 rings (SSSR count). The first-order valence-electron chi connectivity index (χ1n) is 11.7. The molecule has 0 saturated heterocycles. The van der Waals surface area contributed by atoms with Crippen LogP contribution in [-0.2, 0) is 10.8 Å². The molecular weight excluding hydrogens is 478 g/mol. The van der Waals surface area contributed by atoms with Crippen LogP contribution in [-0.4, -0.2) is 37.7 Å². The van der Waals surface area contributed by atoms with Gasteiger partial charge in [0, 0.05) is 6.07 Å². The normalized spacial score (nSPS) is 11.7. The minimum absolute atomic E-state index is 0.0418. The number of ether oxygens (including phenoxy) is 2. The third-order valence-corrected chi connectivity index (χ3v) is 11.1. The molecule has 0 radical (unpaired) electrons. The molecule has 0 aliphatic heterocycles. The molecule has 3 aromatic carbocycles. The van der Waals surface area contributed by atoms with Crippen molar-refractivity contribution in [2.45, 2.75) is 39.2 Å². The summed E-state index contributed by atoms with van der Waals surface area (Å²) < 4.78 is 17.6. The van der Waals surface area contributed by atoms with Crippen molar-refractivity contribution in [2.75, 3.05) is 13.2 Å². The van der Waals surface area contributed by atoms with Gasteiger partial charge in [-0.05, 0) is 27.9 Å². The average Bonchev–Trinajstić information content (AvgIpc) is 2.84. The Hall–Kier alpha value is -3.69. The fraction of sp³-hybridized carbons (Fsp3) is 0.296. The lowest BCUT2D eigenvalue weighted by molar-refractivity contribution is -0.385. The van der Waals surface area contributed by atoms with Gasteiger partial charge in [0.2, 0.25) is 0 Å². The molecule has 8 nitrogen and oxygen atoms in total. The number of benzene rings is 3. The lowest BCUT2D eigenvalue weighted by Crippen LogP contribution is -2.66. The summed E-state index contributed by atoms with van der Waals surface area (Å²) >= 11 is 0. The molecule has 0 saturated carbocycles. The molecule has 0 aliphatic rings. The van der Waals surface area contributed by atoms with Crippen molar-refractivity contribution in [2.24, 2.45) is 0 Å². The first-order chi connectivity index (χ1) is 17.1. The second-order valence-corrected chi connectivity index (χ2v) is 13.5. The molecule has 0 aliphatic carbocycles. The summed E-state index contributed by atoms with van der Waals surface area (Å²) in [5, 5.41) is 22.6. The predicted octanol–water partition coefficient (Wildman–Crippen LogP) is 5.17. The van der Waals surface area contributed by atoms with Crippen molar-refractivity contribution in [3.8, 4) is 11.5 Å². The highest BCUT2D eigenvalue weighted by molar-refractivity contribution is 6.99. The third-order valence-electron chi connectivity index (χ3n) is 6.01. The van der Waals surface area contributed by atoms with Gasteiger partial charge in [-0.15, -0.1) is 0 Å². The molecule has 0 atom stereocenters. The van der Waals surface area contributed by atoms with Gasteiger partial charge in [0.05, 0.1) is 17.1 Å². The van der Waals surface area contributed by atoms with Gasteiger partial charge in [0.15, 0.2) is 11.5 Å². The van der Waals surface area contributed by atoms with Gasteiger partial charge >= 0.3 is 6.16 Å². The van der Waals surface area contributed by atoms with Crippen LogP contribution in [0.15, 0.2) is 72.8 Å². The Kier molecular flexibility index (Phi) is 8.49. The number of hydrogen-bond acceptors (Lipinski definition) is 6. The van der Waals surface area contributed by atoms with E-state index in [4.69, 9.17) is 19.0 Å². The van der Waals surface area contributed by atoms with Gasteiger partial charge in [-0.1, -0.05) is 88.4 Å². The second kappa shape index (κ2) is 11.4. The largest absolute Gasteiger partial charge is 0.511 e. The summed E-state index contributed by atoms with van der Waals surface area (Å²) in [4.78, 5) is 22.2. The Balaban J connectivity index is 1.95. The Morgan fingerprint density at radius 3 is 1.94 bits per heavy atom. The summed E-state index contributed by atoms with van der Waals surface area (Å²) in [6.07, 6.45) is -1.27. The van der Waals surface area contributed by atoms with Gasteiger partial charge in [-0.25, -0.2) is 4.79 Å². The van der Waals surface area contributed by atoms with E-state index in [1.165, 1.54) is 12.1 Å². The van der Waals surface area contributed by atoms with Crippen molar-refractivity contribution < 1.29 is 28.7 Å². The highest BCUT2D eigenvalue weighted by Gasteiger charge is 2.50. The van der Waals surface area contributed by atoms with E-state index in [-0.39, 0.29) is 47.4 Å². The second-order valence-electron chi connectivity index (χ2n) is 9.23. The van der Waals surface area contributed by atoms with Crippen LogP contribution in [0.2, 0.25) is 5.04 Å². The van der Waals surface area contributed by atoms with Crippen LogP contribution in [0.25, 0.3) is 0 Å². The van der Waals surface area contributed by atoms with E-state index >= 15 is 0 Å². The number of hydrogen-bond donors (Lipinski definition) is 1. The number of nitro benzene ring substituents is 1. The molecule has 0 aromatic heterocycles. The molecular formula is C27H31NO7Si. The van der Waals surface area contributed by atoms with E-state index in [9.17, 15) is 14.9 Å². The van der Waals surface area contributed by atoms with Crippen LogP contribution in [0, 0.1) is 10.1 Å². The lowest BCUT2D eigenvalue weighted by atomic mass is 10.1. The van der Waals surface area contributed by atoms with Crippen LogP contribution < -0.4 is 19.8 Å². The molecule has 0 spiro atoms. The Morgan fingerprint density at radius 1 is 0.944 bits per heavy atom. The molecule has 0 fully saturated rings. The Labute approximate surface area is 211 Å². The summed E-state index contributed by atoms with van der Waals surface area (Å²) in [6, 6.07) is 22.7. The van der Waals surface area contributed by atoms with E-state index in [2.05, 4.69) is 45.0 Å². The van der Waals surface area contributed by atoms with Crippen LogP contribution >= 0.6 is 0 Å². The first-order valence-corrected chi connectivity index (χ1v) is 13.6. The molecule has 3 aromatic rings. The standard InChI is InChI=1S/C27H31NO7Si/c1-5-22-23(28(31)32)16-17-24(35-26(29)30)25(22)33-18-19-34-36(27(2,3)4,20-12-8-6-9-13-20)21-14-10-7-11-15-21/h6-17H,5,18-19H2,1-4H3,(H,29,30). The monoisotopic (exact) mass is 509 g/mol. The average molecular weight is 510 g/mol. The van der Waals surface area contributed by atoms with E-state index in [1.807, 2.05) is 36.4 Å². The SMILES string of the molecule is CCc1c([N+](=O)[O-])ccc(OC(=O)O)c1OCCO[Si](c1ccccc1)(c1ccccc1)C(C)(C)C. The third kappa shape index (κ3) is 5.58. The van der Waals surface area contributed by atoms with Crippen molar-refractivity contribution in [3.05, 3.63) is 88.5 Å². The molecule has 1 N–H and O–H groups in total. The molecule has 190 valence electrons. The quantitative estimate of drug-likeness (QED) is 0.100. The van der Waals surface area contributed by atoms with Crippen LogP contribution in [0.3, 0.4) is 0 Å². The molecule has 0 heterocycles. The number of rotatable bonds is 10. The van der Waals surface area contributed by atoms with Crippen molar-refractivity contribution in [3.63, 3.8) is 0 Å². The van der Waals surface area contributed by atoms with Gasteiger partial charge in [0.25, 0.3) is 14.0 Å². The number of nitrogens with zero attached hydrogens (tertiary/aromatic N) is 1. The number of nitro groups is 1. The first kappa shape index (κ1) is 26.9. The highest BCUT2D eigenvalue weighted by Crippen LogP contribution is 2.39. The van der Waals surface area contributed by atoms with Crippen molar-refractivity contribution in [1.29, 1.82) is 0 Å². The topological polar surface area (TPSA) is 108 Å². The van der Waals surface area contributed by atoms with Crippen LogP contribution in [0.1, 0.15) is 33.3 Å². The molecule has 0 bridgehead atoms. The maximum Gasteiger partial charge on any atom is 0.511 e.